The van der Waals surface area contributed by atoms with Crippen LogP contribution in [-0.4, -0.2) is 17.0 Å². The van der Waals surface area contributed by atoms with Gasteiger partial charge in [-0.05, 0) is 50.1 Å². The molecule has 25 heavy (non-hydrogen) atoms. The van der Waals surface area contributed by atoms with E-state index in [9.17, 15) is 4.79 Å². The van der Waals surface area contributed by atoms with Gasteiger partial charge in [0.25, 0.3) is 0 Å². The Morgan fingerprint density at radius 3 is 2.84 bits per heavy atom. The fourth-order valence-corrected chi connectivity index (χ4v) is 2.64. The molecule has 0 saturated heterocycles. The van der Waals surface area contributed by atoms with E-state index in [-0.39, 0.29) is 12.0 Å². The van der Waals surface area contributed by atoms with Crippen molar-refractivity contribution in [3.8, 4) is 5.75 Å². The van der Waals surface area contributed by atoms with Gasteiger partial charge in [0.15, 0.2) is 11.5 Å². The summed E-state index contributed by atoms with van der Waals surface area (Å²) in [5, 5.41) is 2.93. The summed E-state index contributed by atoms with van der Waals surface area (Å²) in [6.45, 7) is 5.74. The third-order valence-corrected chi connectivity index (χ3v) is 3.72. The normalized spacial score (nSPS) is 11.0. The zero-order valence-corrected chi connectivity index (χ0v) is 14.7. The Bertz CT molecular complexity index is 884. The number of carbonyl (C=O) groups excluding carboxylic acids is 1. The largest absolute Gasteiger partial charge is 0.489 e. The Morgan fingerprint density at radius 2 is 2.04 bits per heavy atom. The van der Waals surface area contributed by atoms with Crippen LogP contribution in [0.4, 0.5) is 5.69 Å². The van der Waals surface area contributed by atoms with Gasteiger partial charge in [-0.15, -0.1) is 0 Å². The number of nitrogens with one attached hydrogen (secondary N) is 1. The van der Waals surface area contributed by atoms with Crippen LogP contribution in [0.25, 0.3) is 11.1 Å². The zero-order chi connectivity index (χ0) is 17.8. The summed E-state index contributed by atoms with van der Waals surface area (Å²) in [4.78, 5) is 16.6. The van der Waals surface area contributed by atoms with Crippen LogP contribution < -0.4 is 10.1 Å². The second-order valence-electron chi connectivity index (χ2n) is 6.25. The highest BCUT2D eigenvalue weighted by Gasteiger charge is 2.10. The first-order valence-corrected chi connectivity index (χ1v) is 8.43. The van der Waals surface area contributed by atoms with E-state index >= 15 is 0 Å². The molecule has 0 fully saturated rings. The Labute approximate surface area is 147 Å². The summed E-state index contributed by atoms with van der Waals surface area (Å²) in [5.41, 5.74) is 3.35. The van der Waals surface area contributed by atoms with Crippen LogP contribution in [0.3, 0.4) is 0 Å². The highest BCUT2D eigenvalue weighted by atomic mass is 16.5. The number of benzene rings is 2. The number of nitrogens with zero attached hydrogens (tertiary/aromatic N) is 1. The number of carbonyl (C=O) groups is 1. The first-order valence-electron chi connectivity index (χ1n) is 8.43. The first kappa shape index (κ1) is 17.0. The first-order chi connectivity index (χ1) is 12.0. The molecule has 3 rings (SSSR count). The maximum absolute atomic E-state index is 12.3. The molecule has 0 aliphatic rings. The minimum Gasteiger partial charge on any atom is -0.489 e. The number of para-hydroxylation sites is 2. The molecule has 0 radical (unpaired) electrons. The van der Waals surface area contributed by atoms with Crippen molar-refractivity contribution in [1.82, 2.24) is 4.98 Å². The minimum atomic E-state index is -0.0452. The number of anilines is 1. The number of ether oxygens (including phenoxy) is 1. The molecule has 1 aromatic heterocycles. The average molecular weight is 338 g/mol. The zero-order valence-electron chi connectivity index (χ0n) is 14.7. The average Bonchev–Trinajstić information content (AvgIpc) is 2.93. The fourth-order valence-electron chi connectivity index (χ4n) is 2.64. The molecular formula is C20H22N2O3. The second kappa shape index (κ2) is 7.38. The predicted molar refractivity (Wildman–Crippen MR) is 97.9 cm³/mol. The van der Waals surface area contributed by atoms with E-state index in [0.717, 1.165) is 16.7 Å². The lowest BCUT2D eigenvalue weighted by atomic mass is 10.1. The van der Waals surface area contributed by atoms with E-state index in [1.807, 2.05) is 63.2 Å². The predicted octanol–water partition coefficient (Wildman–Crippen LogP) is 4.49. The van der Waals surface area contributed by atoms with E-state index < -0.39 is 0 Å². The summed E-state index contributed by atoms with van der Waals surface area (Å²) in [5.74, 6) is 1.29. The molecule has 0 atom stereocenters. The summed E-state index contributed by atoms with van der Waals surface area (Å²) in [6, 6.07) is 13.3. The molecule has 0 unspecified atom stereocenters. The van der Waals surface area contributed by atoms with Crippen molar-refractivity contribution in [2.45, 2.75) is 39.7 Å². The van der Waals surface area contributed by atoms with E-state index in [1.165, 1.54) is 0 Å². The number of hydrogen-bond acceptors (Lipinski definition) is 4. The second-order valence-corrected chi connectivity index (χ2v) is 6.25. The maximum atomic E-state index is 12.3. The van der Waals surface area contributed by atoms with Crippen molar-refractivity contribution in [3.05, 3.63) is 53.9 Å². The SMILES string of the molecule is Cc1nc2cc(CCC(=O)Nc3ccccc3OC(C)C)ccc2o1. The number of aryl methyl sites for hydroxylation is 2. The van der Waals surface area contributed by atoms with Gasteiger partial charge in [-0.2, -0.15) is 0 Å². The molecule has 0 saturated carbocycles. The van der Waals surface area contributed by atoms with Crippen LogP contribution in [0.2, 0.25) is 0 Å². The smallest absolute Gasteiger partial charge is 0.224 e. The lowest BCUT2D eigenvalue weighted by Crippen LogP contribution is -2.14. The monoisotopic (exact) mass is 338 g/mol. The van der Waals surface area contributed by atoms with Gasteiger partial charge < -0.3 is 14.5 Å². The van der Waals surface area contributed by atoms with Gasteiger partial charge in [-0.25, -0.2) is 4.98 Å². The van der Waals surface area contributed by atoms with Gasteiger partial charge in [0.1, 0.15) is 11.3 Å². The van der Waals surface area contributed by atoms with Crippen LogP contribution >= 0.6 is 0 Å². The molecule has 1 amide bonds. The number of amides is 1. The van der Waals surface area contributed by atoms with Gasteiger partial charge in [-0.1, -0.05) is 18.2 Å². The third kappa shape index (κ3) is 4.38. The van der Waals surface area contributed by atoms with E-state index in [2.05, 4.69) is 10.3 Å². The van der Waals surface area contributed by atoms with Gasteiger partial charge >= 0.3 is 0 Å². The summed E-state index contributed by atoms with van der Waals surface area (Å²) >= 11 is 0. The molecule has 0 aliphatic heterocycles. The van der Waals surface area contributed by atoms with Crippen molar-refractivity contribution in [1.29, 1.82) is 0 Å². The number of hydrogen-bond donors (Lipinski definition) is 1. The van der Waals surface area contributed by atoms with Gasteiger partial charge in [0.2, 0.25) is 5.91 Å². The van der Waals surface area contributed by atoms with Crippen molar-refractivity contribution in [3.63, 3.8) is 0 Å². The minimum absolute atomic E-state index is 0.0452. The van der Waals surface area contributed by atoms with Crippen LogP contribution in [0.1, 0.15) is 31.7 Å². The molecule has 1 heterocycles. The van der Waals surface area contributed by atoms with Crippen LogP contribution in [-0.2, 0) is 11.2 Å². The van der Waals surface area contributed by atoms with Crippen molar-refractivity contribution < 1.29 is 13.9 Å². The molecule has 2 aromatic carbocycles. The van der Waals surface area contributed by atoms with E-state index in [0.29, 0.717) is 30.2 Å². The van der Waals surface area contributed by atoms with Crippen molar-refractivity contribution in [2.75, 3.05) is 5.32 Å². The van der Waals surface area contributed by atoms with Gasteiger partial charge in [-0.3, -0.25) is 4.79 Å². The summed E-state index contributed by atoms with van der Waals surface area (Å²) in [6.07, 6.45) is 1.08. The van der Waals surface area contributed by atoms with E-state index in [4.69, 9.17) is 9.15 Å². The molecule has 5 heteroatoms. The Morgan fingerprint density at radius 1 is 1.24 bits per heavy atom. The molecule has 1 N–H and O–H groups in total. The standard InChI is InChI=1S/C20H22N2O3/c1-13(2)24-18-7-5-4-6-16(18)22-20(23)11-9-15-8-10-19-17(12-15)21-14(3)25-19/h4-8,10,12-13H,9,11H2,1-3H3,(H,22,23). The third-order valence-electron chi connectivity index (χ3n) is 3.72. The molecule has 5 nitrogen and oxygen atoms in total. The topological polar surface area (TPSA) is 64.4 Å². The Hall–Kier alpha value is -2.82. The van der Waals surface area contributed by atoms with Gasteiger partial charge in [0.05, 0.1) is 11.8 Å². The molecule has 0 bridgehead atoms. The lowest BCUT2D eigenvalue weighted by Gasteiger charge is -2.14. The molecular weight excluding hydrogens is 316 g/mol. The van der Waals surface area contributed by atoms with Crippen LogP contribution in [0, 0.1) is 6.92 Å². The van der Waals surface area contributed by atoms with Crippen molar-refractivity contribution >= 4 is 22.7 Å². The molecule has 0 spiro atoms. The van der Waals surface area contributed by atoms with Gasteiger partial charge in [0, 0.05) is 13.3 Å². The lowest BCUT2D eigenvalue weighted by molar-refractivity contribution is -0.116. The molecule has 3 aromatic rings. The number of fused-ring (bicyclic) bond motifs is 1. The highest BCUT2D eigenvalue weighted by molar-refractivity contribution is 5.92. The molecule has 130 valence electrons. The number of oxazole rings is 1. The summed E-state index contributed by atoms with van der Waals surface area (Å²) < 4.78 is 11.2. The Balaban J connectivity index is 1.62. The van der Waals surface area contributed by atoms with E-state index in [1.54, 1.807) is 0 Å². The Kier molecular flexibility index (Phi) is 5.03. The number of rotatable bonds is 6. The maximum Gasteiger partial charge on any atom is 0.224 e. The summed E-state index contributed by atoms with van der Waals surface area (Å²) in [7, 11) is 0. The highest BCUT2D eigenvalue weighted by Crippen LogP contribution is 2.25. The van der Waals surface area contributed by atoms with Crippen molar-refractivity contribution in [2.24, 2.45) is 0 Å². The fraction of sp³-hybridized carbons (Fsp3) is 0.300. The quantitative estimate of drug-likeness (QED) is 0.719. The van der Waals surface area contributed by atoms with Crippen LogP contribution in [0.15, 0.2) is 46.9 Å². The van der Waals surface area contributed by atoms with Crippen LogP contribution in [0.5, 0.6) is 5.75 Å². The molecule has 0 aliphatic carbocycles. The number of aromatic nitrogens is 1.